The standard InChI is InChI=1S/C22H30N4O5/c1-4-12-31-18-10-9-14(24-19(27)8-7-11-23-22(29)30)13-16(18)20-25-17(6-3)15(5-2)21(28)26-20/h9-10,13,23H,4-8,11-12H2,1-3H3,(H,24,27)(H,29,30)(H,25,26,28). The number of carbonyl (C=O) groups is 2. The molecule has 0 saturated carbocycles. The highest BCUT2D eigenvalue weighted by Gasteiger charge is 2.15. The van der Waals surface area contributed by atoms with Crippen LogP contribution in [0.15, 0.2) is 23.0 Å². The molecular formula is C22H30N4O5. The molecule has 0 aliphatic rings. The number of carboxylic acid groups (broad SMARTS) is 1. The van der Waals surface area contributed by atoms with Gasteiger partial charge in [-0.2, -0.15) is 0 Å². The van der Waals surface area contributed by atoms with E-state index in [1.165, 1.54) is 0 Å². The predicted molar refractivity (Wildman–Crippen MR) is 119 cm³/mol. The SMILES string of the molecule is CCCOc1ccc(NC(=O)CCCNC(=O)O)cc1-c1nc(CC)c(CC)c(=O)[nH]1. The van der Waals surface area contributed by atoms with Crippen molar-refractivity contribution < 1.29 is 19.4 Å². The first-order valence-corrected chi connectivity index (χ1v) is 10.5. The second-order valence-electron chi connectivity index (χ2n) is 6.99. The molecule has 1 heterocycles. The molecule has 2 aromatic rings. The number of benzene rings is 1. The lowest BCUT2D eigenvalue weighted by atomic mass is 10.1. The van der Waals surface area contributed by atoms with Crippen molar-refractivity contribution in [2.45, 2.75) is 52.9 Å². The lowest BCUT2D eigenvalue weighted by Gasteiger charge is -2.14. The molecule has 0 spiro atoms. The van der Waals surface area contributed by atoms with Crippen molar-refractivity contribution in [2.75, 3.05) is 18.5 Å². The molecule has 31 heavy (non-hydrogen) atoms. The minimum absolute atomic E-state index is 0.171. The van der Waals surface area contributed by atoms with E-state index in [4.69, 9.17) is 9.84 Å². The van der Waals surface area contributed by atoms with Crippen molar-refractivity contribution in [2.24, 2.45) is 0 Å². The van der Waals surface area contributed by atoms with Gasteiger partial charge < -0.3 is 25.5 Å². The summed E-state index contributed by atoms with van der Waals surface area (Å²) in [5.74, 6) is 0.726. The first-order chi connectivity index (χ1) is 14.9. The number of ether oxygens (including phenoxy) is 1. The van der Waals surface area contributed by atoms with Crippen LogP contribution in [0.1, 0.15) is 51.3 Å². The van der Waals surface area contributed by atoms with Crippen molar-refractivity contribution in [1.29, 1.82) is 0 Å². The molecule has 0 fully saturated rings. The zero-order chi connectivity index (χ0) is 22.8. The van der Waals surface area contributed by atoms with Crippen molar-refractivity contribution in [3.8, 4) is 17.1 Å². The number of nitrogens with one attached hydrogen (secondary N) is 3. The van der Waals surface area contributed by atoms with Crippen LogP contribution in [0, 0.1) is 0 Å². The highest BCUT2D eigenvalue weighted by molar-refractivity contribution is 5.91. The van der Waals surface area contributed by atoms with Crippen molar-refractivity contribution in [1.82, 2.24) is 15.3 Å². The number of aryl methyl sites for hydroxylation is 1. The molecule has 2 amide bonds. The van der Waals surface area contributed by atoms with Gasteiger partial charge in [0.25, 0.3) is 5.56 Å². The molecule has 0 aliphatic heterocycles. The first kappa shape index (κ1) is 23.9. The average Bonchev–Trinajstić information content (AvgIpc) is 2.75. The normalized spacial score (nSPS) is 10.5. The fourth-order valence-corrected chi connectivity index (χ4v) is 3.13. The maximum Gasteiger partial charge on any atom is 0.404 e. The van der Waals surface area contributed by atoms with Crippen LogP contribution in [-0.4, -0.2) is 40.2 Å². The van der Waals surface area contributed by atoms with E-state index in [1.807, 2.05) is 20.8 Å². The quantitative estimate of drug-likeness (QED) is 0.404. The van der Waals surface area contributed by atoms with Crippen LogP contribution in [0.2, 0.25) is 0 Å². The summed E-state index contributed by atoms with van der Waals surface area (Å²) in [6, 6.07) is 5.19. The Morgan fingerprint density at radius 1 is 1.19 bits per heavy atom. The smallest absolute Gasteiger partial charge is 0.404 e. The number of anilines is 1. The van der Waals surface area contributed by atoms with Gasteiger partial charge in [-0.1, -0.05) is 20.8 Å². The average molecular weight is 431 g/mol. The molecule has 0 aliphatic carbocycles. The fraction of sp³-hybridized carbons (Fsp3) is 0.455. The van der Waals surface area contributed by atoms with Gasteiger partial charge in [0, 0.05) is 24.2 Å². The molecule has 9 nitrogen and oxygen atoms in total. The van der Waals surface area contributed by atoms with E-state index in [0.717, 1.165) is 12.1 Å². The summed E-state index contributed by atoms with van der Waals surface area (Å²) in [6.07, 6.45) is 1.49. The van der Waals surface area contributed by atoms with Gasteiger partial charge in [0.15, 0.2) is 0 Å². The summed E-state index contributed by atoms with van der Waals surface area (Å²) in [5, 5.41) is 13.6. The molecule has 9 heteroatoms. The number of carbonyl (C=O) groups excluding carboxylic acids is 1. The third-order valence-electron chi connectivity index (χ3n) is 4.63. The second-order valence-corrected chi connectivity index (χ2v) is 6.99. The van der Waals surface area contributed by atoms with Crippen LogP contribution < -0.4 is 20.9 Å². The van der Waals surface area contributed by atoms with E-state index in [0.29, 0.717) is 54.3 Å². The summed E-state index contributed by atoms with van der Waals surface area (Å²) in [5.41, 5.74) is 2.36. The lowest BCUT2D eigenvalue weighted by molar-refractivity contribution is -0.116. The number of hydrogen-bond acceptors (Lipinski definition) is 5. The maximum atomic E-state index is 12.6. The summed E-state index contributed by atoms with van der Waals surface area (Å²) in [7, 11) is 0. The van der Waals surface area contributed by atoms with Gasteiger partial charge >= 0.3 is 6.09 Å². The van der Waals surface area contributed by atoms with E-state index in [2.05, 4.69) is 20.6 Å². The Bertz CT molecular complexity index is 971. The molecule has 0 bridgehead atoms. The Morgan fingerprint density at radius 2 is 1.97 bits per heavy atom. The predicted octanol–water partition coefficient (Wildman–Crippen LogP) is 3.34. The Morgan fingerprint density at radius 3 is 2.61 bits per heavy atom. The third-order valence-corrected chi connectivity index (χ3v) is 4.63. The summed E-state index contributed by atoms with van der Waals surface area (Å²) in [6.45, 7) is 6.58. The number of amides is 2. The minimum atomic E-state index is -1.12. The lowest BCUT2D eigenvalue weighted by Crippen LogP contribution is -2.23. The van der Waals surface area contributed by atoms with Crippen LogP contribution in [0.4, 0.5) is 10.5 Å². The molecule has 1 aromatic carbocycles. The summed E-state index contributed by atoms with van der Waals surface area (Å²) >= 11 is 0. The monoisotopic (exact) mass is 430 g/mol. The van der Waals surface area contributed by atoms with Gasteiger partial charge in [0.1, 0.15) is 11.6 Å². The van der Waals surface area contributed by atoms with E-state index in [-0.39, 0.29) is 24.4 Å². The Hall–Kier alpha value is -3.36. The molecule has 2 rings (SSSR count). The Balaban J connectivity index is 2.30. The summed E-state index contributed by atoms with van der Waals surface area (Å²) in [4.78, 5) is 42.7. The third kappa shape index (κ3) is 6.84. The highest BCUT2D eigenvalue weighted by Crippen LogP contribution is 2.31. The molecule has 0 saturated heterocycles. The van der Waals surface area contributed by atoms with E-state index in [1.54, 1.807) is 18.2 Å². The zero-order valence-electron chi connectivity index (χ0n) is 18.2. The maximum absolute atomic E-state index is 12.6. The fourth-order valence-electron chi connectivity index (χ4n) is 3.13. The topological polar surface area (TPSA) is 133 Å². The van der Waals surface area contributed by atoms with Gasteiger partial charge in [0.2, 0.25) is 5.91 Å². The van der Waals surface area contributed by atoms with Gasteiger partial charge in [-0.25, -0.2) is 9.78 Å². The molecule has 0 unspecified atom stereocenters. The van der Waals surface area contributed by atoms with Crippen molar-refractivity contribution >= 4 is 17.7 Å². The van der Waals surface area contributed by atoms with Crippen molar-refractivity contribution in [3.63, 3.8) is 0 Å². The van der Waals surface area contributed by atoms with Crippen molar-refractivity contribution in [3.05, 3.63) is 39.8 Å². The van der Waals surface area contributed by atoms with Crippen LogP contribution in [0.5, 0.6) is 5.75 Å². The Kier molecular flexibility index (Phi) is 9.05. The number of hydrogen-bond donors (Lipinski definition) is 4. The molecular weight excluding hydrogens is 400 g/mol. The van der Waals surface area contributed by atoms with E-state index >= 15 is 0 Å². The van der Waals surface area contributed by atoms with Crippen LogP contribution in [-0.2, 0) is 17.6 Å². The number of nitrogens with zero attached hydrogens (tertiary/aromatic N) is 1. The number of rotatable bonds is 11. The highest BCUT2D eigenvalue weighted by atomic mass is 16.5. The molecule has 0 atom stereocenters. The first-order valence-electron chi connectivity index (χ1n) is 10.5. The van der Waals surface area contributed by atoms with Crippen LogP contribution in [0.3, 0.4) is 0 Å². The zero-order valence-corrected chi connectivity index (χ0v) is 18.2. The van der Waals surface area contributed by atoms with Crippen LogP contribution >= 0.6 is 0 Å². The molecule has 4 N–H and O–H groups in total. The largest absolute Gasteiger partial charge is 0.493 e. The Labute approximate surface area is 181 Å². The molecule has 1 aromatic heterocycles. The van der Waals surface area contributed by atoms with E-state index in [9.17, 15) is 14.4 Å². The number of aromatic nitrogens is 2. The molecule has 0 radical (unpaired) electrons. The summed E-state index contributed by atoms with van der Waals surface area (Å²) < 4.78 is 5.83. The van der Waals surface area contributed by atoms with Gasteiger partial charge in [-0.3, -0.25) is 9.59 Å². The van der Waals surface area contributed by atoms with Gasteiger partial charge in [-0.15, -0.1) is 0 Å². The molecule has 168 valence electrons. The number of H-pyrrole nitrogens is 1. The van der Waals surface area contributed by atoms with E-state index < -0.39 is 6.09 Å². The van der Waals surface area contributed by atoms with Gasteiger partial charge in [-0.05, 0) is 43.9 Å². The minimum Gasteiger partial charge on any atom is -0.493 e. The second kappa shape index (κ2) is 11.7. The van der Waals surface area contributed by atoms with Gasteiger partial charge in [0.05, 0.1) is 17.9 Å². The van der Waals surface area contributed by atoms with Crippen LogP contribution in [0.25, 0.3) is 11.4 Å². The number of aromatic amines is 1.